The lowest BCUT2D eigenvalue weighted by Crippen LogP contribution is -2.28. The number of hydrogen-bond acceptors (Lipinski definition) is 3. The quantitative estimate of drug-likeness (QED) is 0.831. The van der Waals surface area contributed by atoms with Gasteiger partial charge >= 0.3 is 0 Å². The van der Waals surface area contributed by atoms with E-state index in [4.69, 9.17) is 9.84 Å². The van der Waals surface area contributed by atoms with Crippen molar-refractivity contribution in [3.63, 3.8) is 0 Å². The number of aliphatic hydroxyl groups excluding tert-OH is 1. The highest BCUT2D eigenvalue weighted by Crippen LogP contribution is 2.19. The normalized spacial score (nSPS) is 26.1. The Morgan fingerprint density at radius 2 is 2.12 bits per heavy atom. The van der Waals surface area contributed by atoms with Gasteiger partial charge in [0.2, 0.25) is 0 Å². The van der Waals surface area contributed by atoms with Gasteiger partial charge in [-0.3, -0.25) is 4.90 Å². The van der Waals surface area contributed by atoms with Crippen LogP contribution in [0, 0.1) is 0 Å². The van der Waals surface area contributed by atoms with Gasteiger partial charge in [-0.15, -0.1) is 0 Å². The summed E-state index contributed by atoms with van der Waals surface area (Å²) >= 11 is 0. The van der Waals surface area contributed by atoms with Gasteiger partial charge in [-0.2, -0.15) is 0 Å². The van der Waals surface area contributed by atoms with Gasteiger partial charge in [-0.1, -0.05) is 30.3 Å². The summed E-state index contributed by atoms with van der Waals surface area (Å²) in [5.41, 5.74) is 1.21. The summed E-state index contributed by atoms with van der Waals surface area (Å²) in [6, 6.07) is 10.5. The highest BCUT2D eigenvalue weighted by molar-refractivity contribution is 5.13. The second kappa shape index (κ2) is 5.43. The Morgan fingerprint density at radius 3 is 2.75 bits per heavy atom. The van der Waals surface area contributed by atoms with Gasteiger partial charge in [-0.25, -0.2) is 0 Å². The first-order valence-corrected chi connectivity index (χ1v) is 5.76. The fraction of sp³-hybridized carbons (Fsp3) is 0.538. The third-order valence-electron chi connectivity index (χ3n) is 3.19. The zero-order valence-electron chi connectivity index (χ0n) is 9.67. The van der Waals surface area contributed by atoms with Crippen LogP contribution in [0.5, 0.6) is 0 Å². The molecule has 1 aliphatic heterocycles. The van der Waals surface area contributed by atoms with E-state index < -0.39 is 0 Å². The van der Waals surface area contributed by atoms with Gasteiger partial charge in [0.25, 0.3) is 0 Å². The van der Waals surface area contributed by atoms with Crippen molar-refractivity contribution in [2.24, 2.45) is 0 Å². The van der Waals surface area contributed by atoms with Crippen LogP contribution in [-0.4, -0.2) is 42.4 Å². The number of likely N-dealkylation sites (N-methyl/N-ethyl adjacent to an activating group) is 1. The second-order valence-electron chi connectivity index (χ2n) is 4.43. The van der Waals surface area contributed by atoms with E-state index in [2.05, 4.69) is 17.0 Å². The van der Waals surface area contributed by atoms with Crippen molar-refractivity contribution in [3.05, 3.63) is 35.9 Å². The summed E-state index contributed by atoms with van der Waals surface area (Å²) in [6.07, 6.45) is 1.18. The molecule has 1 aromatic rings. The molecule has 2 atom stereocenters. The molecule has 1 saturated heterocycles. The molecule has 3 heteroatoms. The monoisotopic (exact) mass is 221 g/mol. The largest absolute Gasteiger partial charge is 0.395 e. The van der Waals surface area contributed by atoms with E-state index in [1.54, 1.807) is 0 Å². The van der Waals surface area contributed by atoms with E-state index >= 15 is 0 Å². The fourth-order valence-corrected chi connectivity index (χ4v) is 2.15. The van der Waals surface area contributed by atoms with Crippen LogP contribution in [0.4, 0.5) is 0 Å². The zero-order valence-corrected chi connectivity index (χ0v) is 9.67. The topological polar surface area (TPSA) is 32.7 Å². The molecule has 0 saturated carbocycles. The Bertz CT molecular complexity index is 315. The molecule has 0 unspecified atom stereocenters. The summed E-state index contributed by atoms with van der Waals surface area (Å²) < 4.78 is 5.84. The second-order valence-corrected chi connectivity index (χ2v) is 4.43. The molecular formula is C13H19NO2. The molecule has 2 rings (SSSR count). The Labute approximate surface area is 96.6 Å². The van der Waals surface area contributed by atoms with E-state index in [0.717, 1.165) is 13.0 Å². The average Bonchev–Trinajstić information content (AvgIpc) is 2.69. The molecule has 16 heavy (non-hydrogen) atoms. The Kier molecular flexibility index (Phi) is 3.93. The fourth-order valence-electron chi connectivity index (χ4n) is 2.15. The molecule has 0 amide bonds. The van der Waals surface area contributed by atoms with Crippen molar-refractivity contribution < 1.29 is 9.84 Å². The highest BCUT2D eigenvalue weighted by Gasteiger charge is 2.29. The zero-order chi connectivity index (χ0) is 11.4. The van der Waals surface area contributed by atoms with Crippen LogP contribution in [-0.2, 0) is 11.3 Å². The molecule has 0 aliphatic carbocycles. The van der Waals surface area contributed by atoms with Gasteiger partial charge in [0.05, 0.1) is 19.3 Å². The Balaban J connectivity index is 1.80. The van der Waals surface area contributed by atoms with Crippen LogP contribution < -0.4 is 0 Å². The SMILES string of the molecule is CN1C[C@H](OCc2ccccc2)C[C@H]1CO. The molecule has 1 aliphatic rings. The third kappa shape index (κ3) is 2.82. The summed E-state index contributed by atoms with van der Waals surface area (Å²) in [6.45, 7) is 1.80. The molecule has 1 fully saturated rings. The standard InChI is InChI=1S/C13H19NO2/c1-14-8-13(7-12(14)9-15)16-10-11-5-3-2-4-6-11/h2-6,12-13,15H,7-10H2,1H3/t12-,13+/m0/s1. The number of nitrogens with zero attached hydrogens (tertiary/aromatic N) is 1. The lowest BCUT2D eigenvalue weighted by atomic mass is 10.2. The first kappa shape index (κ1) is 11.6. The maximum Gasteiger partial charge on any atom is 0.0722 e. The van der Waals surface area contributed by atoms with E-state index in [-0.39, 0.29) is 18.8 Å². The van der Waals surface area contributed by atoms with Crippen molar-refractivity contribution >= 4 is 0 Å². The molecule has 1 aromatic carbocycles. The number of ether oxygens (including phenoxy) is 1. The molecule has 0 aromatic heterocycles. The minimum absolute atomic E-state index is 0.224. The van der Waals surface area contributed by atoms with Crippen molar-refractivity contribution in [1.29, 1.82) is 0 Å². The third-order valence-corrected chi connectivity index (χ3v) is 3.19. The molecule has 1 N–H and O–H groups in total. The van der Waals surface area contributed by atoms with Crippen molar-refractivity contribution in [2.75, 3.05) is 20.2 Å². The van der Waals surface area contributed by atoms with Crippen LogP contribution in [0.2, 0.25) is 0 Å². The summed E-state index contributed by atoms with van der Waals surface area (Å²) in [4.78, 5) is 2.16. The van der Waals surface area contributed by atoms with E-state index in [0.29, 0.717) is 6.61 Å². The number of rotatable bonds is 4. The minimum Gasteiger partial charge on any atom is -0.395 e. The number of likely N-dealkylation sites (tertiary alicyclic amines) is 1. The van der Waals surface area contributed by atoms with Crippen molar-refractivity contribution in [2.45, 2.75) is 25.2 Å². The minimum atomic E-state index is 0.224. The molecule has 3 nitrogen and oxygen atoms in total. The van der Waals surface area contributed by atoms with Gasteiger partial charge < -0.3 is 9.84 Å². The van der Waals surface area contributed by atoms with E-state index in [9.17, 15) is 0 Å². The van der Waals surface area contributed by atoms with Gasteiger partial charge in [0.1, 0.15) is 0 Å². The lowest BCUT2D eigenvalue weighted by Gasteiger charge is -2.14. The van der Waals surface area contributed by atoms with E-state index in [1.807, 2.05) is 25.2 Å². The van der Waals surface area contributed by atoms with Crippen LogP contribution in [0.15, 0.2) is 30.3 Å². The van der Waals surface area contributed by atoms with Gasteiger partial charge in [0.15, 0.2) is 0 Å². The van der Waals surface area contributed by atoms with Gasteiger partial charge in [0, 0.05) is 12.6 Å². The van der Waals surface area contributed by atoms with E-state index in [1.165, 1.54) is 5.56 Å². The van der Waals surface area contributed by atoms with Crippen LogP contribution >= 0.6 is 0 Å². The Hall–Kier alpha value is -0.900. The molecule has 88 valence electrons. The van der Waals surface area contributed by atoms with Crippen molar-refractivity contribution in [3.8, 4) is 0 Å². The number of hydrogen-bond donors (Lipinski definition) is 1. The van der Waals surface area contributed by atoms with Crippen molar-refractivity contribution in [1.82, 2.24) is 4.90 Å². The van der Waals surface area contributed by atoms with Crippen LogP contribution in [0.1, 0.15) is 12.0 Å². The predicted molar refractivity (Wildman–Crippen MR) is 63.1 cm³/mol. The Morgan fingerprint density at radius 1 is 1.38 bits per heavy atom. The summed E-state index contributed by atoms with van der Waals surface area (Å²) in [7, 11) is 2.03. The molecule has 0 radical (unpaired) electrons. The smallest absolute Gasteiger partial charge is 0.0722 e. The summed E-state index contributed by atoms with van der Waals surface area (Å²) in [5, 5.41) is 9.14. The summed E-state index contributed by atoms with van der Waals surface area (Å²) in [5.74, 6) is 0. The molecule has 0 bridgehead atoms. The van der Waals surface area contributed by atoms with Crippen LogP contribution in [0.25, 0.3) is 0 Å². The van der Waals surface area contributed by atoms with Crippen LogP contribution in [0.3, 0.4) is 0 Å². The number of aliphatic hydroxyl groups is 1. The molecular weight excluding hydrogens is 202 g/mol. The predicted octanol–water partition coefficient (Wildman–Crippen LogP) is 1.27. The lowest BCUT2D eigenvalue weighted by molar-refractivity contribution is 0.0478. The number of benzene rings is 1. The molecule has 1 heterocycles. The molecule has 0 spiro atoms. The highest BCUT2D eigenvalue weighted by atomic mass is 16.5. The van der Waals surface area contributed by atoms with Gasteiger partial charge in [-0.05, 0) is 19.0 Å². The maximum absolute atomic E-state index is 9.14. The first-order chi connectivity index (χ1) is 7.79. The average molecular weight is 221 g/mol. The first-order valence-electron chi connectivity index (χ1n) is 5.76. The maximum atomic E-state index is 9.14.